The van der Waals surface area contributed by atoms with Crippen LogP contribution in [0.4, 0.5) is 0 Å². The first kappa shape index (κ1) is 21.9. The van der Waals surface area contributed by atoms with E-state index in [1.165, 1.54) is 69.4 Å². The number of nitrogens with one attached hydrogen (secondary N) is 1. The minimum absolute atomic E-state index is 0.926. The van der Waals surface area contributed by atoms with Crippen molar-refractivity contribution in [3.63, 3.8) is 0 Å². The van der Waals surface area contributed by atoms with Crippen molar-refractivity contribution >= 4 is 92.8 Å². The summed E-state index contributed by atoms with van der Waals surface area (Å²) in [6.45, 7) is 0. The molecule has 1 aliphatic carbocycles. The monoisotopic (exact) mass is 541 g/mol. The lowest BCUT2D eigenvalue weighted by atomic mass is 9.96. The number of aromatic amines is 1. The lowest BCUT2D eigenvalue weighted by Crippen LogP contribution is -1.87. The molecule has 0 aliphatic heterocycles. The van der Waals surface area contributed by atoms with E-state index in [9.17, 15) is 0 Å². The summed E-state index contributed by atoms with van der Waals surface area (Å²) >= 11 is 1.95. The van der Waals surface area contributed by atoms with Gasteiger partial charge in [-0.25, -0.2) is 0 Å². The second-order valence-corrected chi connectivity index (χ2v) is 12.4. The Labute approximate surface area is 239 Å². The van der Waals surface area contributed by atoms with Crippen LogP contribution in [0.2, 0.25) is 0 Å². The first-order valence-electron chi connectivity index (χ1n) is 14.2. The maximum Gasteiger partial charge on any atom is 0.160 e. The van der Waals surface area contributed by atoms with Crippen LogP contribution in [0.3, 0.4) is 0 Å². The van der Waals surface area contributed by atoms with E-state index in [1.807, 2.05) is 11.3 Å². The lowest BCUT2D eigenvalue weighted by molar-refractivity contribution is 0.672. The van der Waals surface area contributed by atoms with E-state index < -0.39 is 0 Å². The molecule has 1 aliphatic rings. The first-order valence-corrected chi connectivity index (χ1v) is 15.1. The Kier molecular flexibility index (Phi) is 4.20. The third-order valence-electron chi connectivity index (χ3n) is 9.01. The van der Waals surface area contributed by atoms with Gasteiger partial charge in [0, 0.05) is 36.6 Å². The predicted molar refractivity (Wildman–Crippen MR) is 176 cm³/mol. The van der Waals surface area contributed by atoms with Gasteiger partial charge in [-0.2, -0.15) is 0 Å². The minimum atomic E-state index is 0.926. The zero-order valence-electron chi connectivity index (χ0n) is 22.1. The van der Waals surface area contributed by atoms with Gasteiger partial charge in [0.05, 0.1) is 5.52 Å². The van der Waals surface area contributed by atoms with Gasteiger partial charge in [-0.3, -0.25) is 0 Å². The van der Waals surface area contributed by atoms with E-state index in [2.05, 4.69) is 114 Å². The number of hydrogen-bond donors (Lipinski definition) is 1. The lowest BCUT2D eigenvalue weighted by Gasteiger charge is -2.06. The maximum atomic E-state index is 6.68. The van der Waals surface area contributed by atoms with Crippen LogP contribution in [0.5, 0.6) is 0 Å². The molecule has 0 amide bonds. The summed E-state index contributed by atoms with van der Waals surface area (Å²) in [5.74, 6) is 0. The zero-order chi connectivity index (χ0) is 26.7. The number of allylic oxidation sites excluding steroid dienone is 1. The predicted octanol–water partition coefficient (Wildman–Crippen LogP) is 11.4. The molecule has 3 aromatic heterocycles. The van der Waals surface area contributed by atoms with Crippen LogP contribution < -0.4 is 0 Å². The molecule has 192 valence electrons. The number of furan rings is 1. The molecule has 9 aromatic rings. The van der Waals surface area contributed by atoms with Crippen LogP contribution in [0.25, 0.3) is 92.6 Å². The number of hydrogen-bond acceptors (Lipinski definition) is 2. The second-order valence-electron chi connectivity index (χ2n) is 11.3. The molecular formula is C38H23NOS. The molecule has 0 spiro atoms. The summed E-state index contributed by atoms with van der Waals surface area (Å²) < 4.78 is 8.06. The van der Waals surface area contributed by atoms with Crippen molar-refractivity contribution < 1.29 is 4.42 Å². The average Bonchev–Trinajstić information content (AvgIpc) is 3.70. The summed E-state index contributed by atoms with van der Waals surface area (Å²) in [7, 11) is 0. The number of benzene rings is 6. The van der Waals surface area contributed by atoms with E-state index in [0.717, 1.165) is 40.4 Å². The fraction of sp³-hybridized carbons (Fsp3) is 0.0526. The summed E-state index contributed by atoms with van der Waals surface area (Å²) in [5, 5.41) is 11.1. The third-order valence-corrected chi connectivity index (χ3v) is 10.2. The van der Waals surface area contributed by atoms with Crippen molar-refractivity contribution in [2.75, 3.05) is 0 Å². The van der Waals surface area contributed by atoms with Crippen molar-refractivity contribution in [2.45, 2.75) is 12.8 Å². The van der Waals surface area contributed by atoms with Crippen LogP contribution in [0.1, 0.15) is 16.9 Å². The first-order chi connectivity index (χ1) is 20.3. The van der Waals surface area contributed by atoms with Gasteiger partial charge in [0.25, 0.3) is 0 Å². The number of aromatic nitrogens is 1. The highest BCUT2D eigenvalue weighted by Gasteiger charge is 2.19. The normalized spacial score (nSPS) is 13.6. The molecule has 2 nitrogen and oxygen atoms in total. The summed E-state index contributed by atoms with van der Waals surface area (Å²) in [5.41, 5.74) is 8.00. The zero-order valence-corrected chi connectivity index (χ0v) is 22.9. The standard InChI is InChI=1S/C38H23NOS/c1-2-9-28-27(8-1)35-29-10-3-5-11-31(29)39-37(35)38-36(28)30-18-24-17-21(13-14-22(24)19-32(30)40-38)23-15-16-26-25-7-4-6-12-33(25)41-34(26)20-23/h1-5,7-11,13-20,39H,6,12H2. The minimum Gasteiger partial charge on any atom is -0.454 e. The van der Waals surface area contributed by atoms with E-state index in [1.54, 1.807) is 0 Å². The fourth-order valence-electron chi connectivity index (χ4n) is 7.10. The molecule has 0 saturated heterocycles. The molecule has 1 N–H and O–H groups in total. The third kappa shape index (κ3) is 2.96. The quantitative estimate of drug-likeness (QED) is 0.220. The number of H-pyrrole nitrogens is 1. The van der Waals surface area contributed by atoms with Gasteiger partial charge in [-0.15, -0.1) is 11.3 Å². The highest BCUT2D eigenvalue weighted by atomic mass is 32.1. The number of para-hydroxylation sites is 1. The Balaban J connectivity index is 1.23. The molecule has 6 aromatic carbocycles. The van der Waals surface area contributed by atoms with E-state index in [0.29, 0.717) is 0 Å². The molecule has 41 heavy (non-hydrogen) atoms. The highest BCUT2D eigenvalue weighted by Crippen LogP contribution is 2.44. The molecular weight excluding hydrogens is 518 g/mol. The van der Waals surface area contributed by atoms with Crippen molar-refractivity contribution in [1.82, 2.24) is 4.98 Å². The highest BCUT2D eigenvalue weighted by molar-refractivity contribution is 7.19. The Bertz CT molecular complexity index is 2590. The number of aryl methyl sites for hydroxylation is 1. The Morgan fingerprint density at radius 3 is 2.39 bits per heavy atom. The molecule has 0 saturated carbocycles. The molecule has 10 rings (SSSR count). The summed E-state index contributed by atoms with van der Waals surface area (Å²) in [6, 6.07) is 35.6. The molecule has 3 heteroatoms. The number of thiophene rings is 1. The SMILES string of the molecule is C1=Cc2c(sc3cc(-c4ccc5cc6oc7c8[nH]c9ccccc9c8c8ccccc8c7c6cc5c4)ccc23)CC1. The average molecular weight is 542 g/mol. The Morgan fingerprint density at radius 2 is 1.46 bits per heavy atom. The molecule has 0 bridgehead atoms. The van der Waals surface area contributed by atoms with Gasteiger partial charge in [0.15, 0.2) is 5.58 Å². The fourth-order valence-corrected chi connectivity index (χ4v) is 8.35. The molecule has 0 radical (unpaired) electrons. The smallest absolute Gasteiger partial charge is 0.160 e. The van der Waals surface area contributed by atoms with Gasteiger partial charge in [0.1, 0.15) is 5.58 Å². The second kappa shape index (κ2) is 7.87. The van der Waals surface area contributed by atoms with Gasteiger partial charge >= 0.3 is 0 Å². The van der Waals surface area contributed by atoms with Gasteiger partial charge in [0.2, 0.25) is 0 Å². The van der Waals surface area contributed by atoms with Gasteiger partial charge in [-0.05, 0) is 86.8 Å². The van der Waals surface area contributed by atoms with Crippen LogP contribution >= 0.6 is 11.3 Å². The van der Waals surface area contributed by atoms with Crippen molar-refractivity contribution in [3.05, 3.63) is 114 Å². The van der Waals surface area contributed by atoms with Crippen LogP contribution in [-0.2, 0) is 6.42 Å². The Hall–Kier alpha value is -4.86. The van der Waals surface area contributed by atoms with Crippen LogP contribution in [-0.4, -0.2) is 4.98 Å². The van der Waals surface area contributed by atoms with Crippen molar-refractivity contribution in [2.24, 2.45) is 0 Å². The van der Waals surface area contributed by atoms with E-state index in [4.69, 9.17) is 4.42 Å². The van der Waals surface area contributed by atoms with Crippen molar-refractivity contribution in [3.8, 4) is 11.1 Å². The molecule has 0 atom stereocenters. The maximum absolute atomic E-state index is 6.68. The Morgan fingerprint density at radius 1 is 0.659 bits per heavy atom. The number of rotatable bonds is 1. The van der Waals surface area contributed by atoms with Crippen molar-refractivity contribution in [1.29, 1.82) is 0 Å². The topological polar surface area (TPSA) is 28.9 Å². The van der Waals surface area contributed by atoms with Crippen LogP contribution in [0.15, 0.2) is 108 Å². The number of fused-ring (bicyclic) bond motifs is 14. The van der Waals surface area contributed by atoms with E-state index >= 15 is 0 Å². The van der Waals surface area contributed by atoms with E-state index in [-0.39, 0.29) is 0 Å². The largest absolute Gasteiger partial charge is 0.454 e. The molecule has 0 unspecified atom stereocenters. The molecule has 0 fully saturated rings. The van der Waals surface area contributed by atoms with Gasteiger partial charge in [-0.1, -0.05) is 78.9 Å². The van der Waals surface area contributed by atoms with Crippen LogP contribution in [0, 0.1) is 0 Å². The summed E-state index contributed by atoms with van der Waals surface area (Å²) in [6.07, 6.45) is 6.92. The van der Waals surface area contributed by atoms with Gasteiger partial charge < -0.3 is 9.40 Å². The molecule has 3 heterocycles. The summed E-state index contributed by atoms with van der Waals surface area (Å²) in [4.78, 5) is 5.20.